The van der Waals surface area contributed by atoms with Crippen molar-refractivity contribution in [1.82, 2.24) is 29.5 Å². The van der Waals surface area contributed by atoms with Gasteiger partial charge in [-0.1, -0.05) is 0 Å². The Hall–Kier alpha value is -3.43. The Morgan fingerprint density at radius 3 is 2.71 bits per heavy atom. The van der Waals surface area contributed by atoms with Gasteiger partial charge >= 0.3 is 5.97 Å². The number of amides is 1. The SMILES string of the molecule is Cc1cc(C)n2nc(C(=O)OCC(=O)Nc3ncccn3)nc2n1. The minimum absolute atomic E-state index is 0.125. The van der Waals surface area contributed by atoms with E-state index in [0.29, 0.717) is 5.78 Å². The molecule has 0 fully saturated rings. The maximum absolute atomic E-state index is 12.0. The number of fused-ring (bicyclic) bond motifs is 1. The van der Waals surface area contributed by atoms with E-state index in [-0.39, 0.29) is 11.8 Å². The highest BCUT2D eigenvalue weighted by atomic mass is 16.5. The van der Waals surface area contributed by atoms with Crippen LogP contribution in [0.2, 0.25) is 0 Å². The molecule has 0 aliphatic heterocycles. The Bertz CT molecular complexity index is 907. The second-order valence-corrected chi connectivity index (χ2v) is 4.88. The van der Waals surface area contributed by atoms with E-state index in [1.165, 1.54) is 16.9 Å². The van der Waals surface area contributed by atoms with Gasteiger partial charge in [-0.15, -0.1) is 5.10 Å². The molecule has 0 saturated heterocycles. The van der Waals surface area contributed by atoms with Crippen LogP contribution >= 0.6 is 0 Å². The zero-order chi connectivity index (χ0) is 17.1. The number of aryl methyl sites for hydroxylation is 2. The van der Waals surface area contributed by atoms with Gasteiger partial charge in [0, 0.05) is 23.8 Å². The molecule has 0 radical (unpaired) electrons. The molecule has 0 aliphatic carbocycles. The summed E-state index contributed by atoms with van der Waals surface area (Å²) in [5.41, 5.74) is 1.54. The number of hydrogen-bond acceptors (Lipinski definition) is 8. The van der Waals surface area contributed by atoms with Crippen molar-refractivity contribution in [1.29, 1.82) is 0 Å². The molecular formula is C14H13N7O3. The number of ether oxygens (including phenoxy) is 1. The van der Waals surface area contributed by atoms with Crippen LogP contribution in [-0.4, -0.2) is 48.0 Å². The van der Waals surface area contributed by atoms with Crippen molar-refractivity contribution in [3.63, 3.8) is 0 Å². The van der Waals surface area contributed by atoms with E-state index < -0.39 is 18.5 Å². The first kappa shape index (κ1) is 15.5. The van der Waals surface area contributed by atoms with Gasteiger partial charge in [0.1, 0.15) is 0 Å². The lowest BCUT2D eigenvalue weighted by molar-refractivity contribution is -0.119. The van der Waals surface area contributed by atoms with Gasteiger partial charge in [0.15, 0.2) is 6.61 Å². The molecule has 0 aromatic carbocycles. The Morgan fingerprint density at radius 1 is 1.21 bits per heavy atom. The van der Waals surface area contributed by atoms with Crippen LogP contribution in [0.25, 0.3) is 5.78 Å². The lowest BCUT2D eigenvalue weighted by atomic mass is 10.4. The van der Waals surface area contributed by atoms with Gasteiger partial charge in [-0.25, -0.2) is 24.3 Å². The Balaban J connectivity index is 1.65. The third kappa shape index (κ3) is 3.32. The minimum Gasteiger partial charge on any atom is -0.450 e. The summed E-state index contributed by atoms with van der Waals surface area (Å²) in [6, 6.07) is 3.42. The molecule has 10 heteroatoms. The number of carbonyl (C=O) groups is 2. The van der Waals surface area contributed by atoms with Crippen LogP contribution in [0, 0.1) is 13.8 Å². The first-order valence-corrected chi connectivity index (χ1v) is 6.98. The third-order valence-corrected chi connectivity index (χ3v) is 2.95. The highest BCUT2D eigenvalue weighted by Gasteiger charge is 2.18. The van der Waals surface area contributed by atoms with E-state index in [1.54, 1.807) is 6.07 Å². The van der Waals surface area contributed by atoms with Crippen LogP contribution in [0.1, 0.15) is 22.0 Å². The molecule has 0 atom stereocenters. The fourth-order valence-electron chi connectivity index (χ4n) is 1.97. The average molecular weight is 327 g/mol. The molecule has 0 bridgehead atoms. The topological polar surface area (TPSA) is 124 Å². The quantitative estimate of drug-likeness (QED) is 0.680. The van der Waals surface area contributed by atoms with Gasteiger partial charge in [0.25, 0.3) is 17.5 Å². The standard InChI is InChI=1S/C14H13N7O3/c1-8-6-9(2)21-14(17-8)19-11(20-21)12(23)24-7-10(22)18-13-15-4-3-5-16-13/h3-6H,7H2,1-2H3,(H,15,16,18,22). The summed E-state index contributed by atoms with van der Waals surface area (Å²) in [7, 11) is 0. The Labute approximate surface area is 135 Å². The van der Waals surface area contributed by atoms with Gasteiger partial charge in [0.05, 0.1) is 0 Å². The molecular weight excluding hydrogens is 314 g/mol. The van der Waals surface area contributed by atoms with Gasteiger partial charge in [-0.2, -0.15) is 4.98 Å². The maximum atomic E-state index is 12.0. The Morgan fingerprint density at radius 2 is 1.96 bits per heavy atom. The zero-order valence-corrected chi connectivity index (χ0v) is 12.9. The van der Waals surface area contributed by atoms with Crippen LogP contribution in [0.15, 0.2) is 24.5 Å². The number of anilines is 1. The van der Waals surface area contributed by atoms with Crippen molar-refractivity contribution in [3.8, 4) is 0 Å². The summed E-state index contributed by atoms with van der Waals surface area (Å²) in [5, 5.41) is 6.42. The fraction of sp³-hybridized carbons (Fsp3) is 0.214. The van der Waals surface area contributed by atoms with E-state index in [1.807, 2.05) is 19.9 Å². The number of aromatic nitrogens is 6. The van der Waals surface area contributed by atoms with Gasteiger partial charge < -0.3 is 4.74 Å². The molecule has 1 amide bonds. The summed E-state index contributed by atoms with van der Waals surface area (Å²) >= 11 is 0. The second kappa shape index (κ2) is 6.36. The smallest absolute Gasteiger partial charge is 0.378 e. The summed E-state index contributed by atoms with van der Waals surface area (Å²) in [6.07, 6.45) is 2.96. The highest BCUT2D eigenvalue weighted by Crippen LogP contribution is 2.06. The molecule has 0 spiro atoms. The van der Waals surface area contributed by atoms with Gasteiger partial charge in [0.2, 0.25) is 5.95 Å². The predicted molar refractivity (Wildman–Crippen MR) is 81.2 cm³/mol. The van der Waals surface area contributed by atoms with Crippen molar-refractivity contribution < 1.29 is 14.3 Å². The minimum atomic E-state index is -0.818. The molecule has 0 unspecified atom stereocenters. The molecule has 10 nitrogen and oxygen atoms in total. The van der Waals surface area contributed by atoms with Crippen LogP contribution < -0.4 is 5.32 Å². The zero-order valence-electron chi connectivity index (χ0n) is 12.9. The van der Waals surface area contributed by atoms with Crippen LogP contribution in [0.4, 0.5) is 5.95 Å². The third-order valence-electron chi connectivity index (χ3n) is 2.95. The molecule has 0 aliphatic rings. The van der Waals surface area contributed by atoms with Crippen molar-refractivity contribution in [3.05, 3.63) is 41.7 Å². The molecule has 24 heavy (non-hydrogen) atoms. The maximum Gasteiger partial charge on any atom is 0.378 e. The van der Waals surface area contributed by atoms with Crippen LogP contribution in [0.3, 0.4) is 0 Å². The number of rotatable bonds is 4. The Kier molecular flexibility index (Phi) is 4.10. The fourth-order valence-corrected chi connectivity index (χ4v) is 1.97. The van der Waals surface area contributed by atoms with E-state index in [9.17, 15) is 9.59 Å². The lowest BCUT2D eigenvalue weighted by Gasteiger charge is -2.03. The number of esters is 1. The summed E-state index contributed by atoms with van der Waals surface area (Å²) in [6.45, 7) is 3.13. The molecule has 3 aromatic rings. The number of carbonyl (C=O) groups excluding carboxylic acids is 2. The van der Waals surface area contributed by atoms with E-state index in [4.69, 9.17) is 4.74 Å². The second-order valence-electron chi connectivity index (χ2n) is 4.88. The molecule has 0 saturated carbocycles. The largest absolute Gasteiger partial charge is 0.450 e. The van der Waals surface area contributed by atoms with E-state index in [0.717, 1.165) is 11.4 Å². The summed E-state index contributed by atoms with van der Waals surface area (Å²) in [5.74, 6) is -1.13. The van der Waals surface area contributed by atoms with Crippen molar-refractivity contribution in [2.75, 3.05) is 11.9 Å². The molecule has 122 valence electrons. The van der Waals surface area contributed by atoms with Gasteiger partial charge in [-0.05, 0) is 26.0 Å². The summed E-state index contributed by atoms with van der Waals surface area (Å²) in [4.78, 5) is 39.5. The molecule has 3 heterocycles. The van der Waals surface area contributed by atoms with Gasteiger partial charge in [-0.3, -0.25) is 10.1 Å². The number of nitrogens with zero attached hydrogens (tertiary/aromatic N) is 6. The first-order chi connectivity index (χ1) is 11.5. The first-order valence-electron chi connectivity index (χ1n) is 6.98. The predicted octanol–water partition coefficient (Wildman–Crippen LogP) is 0.327. The molecule has 3 rings (SSSR count). The van der Waals surface area contributed by atoms with Crippen molar-refractivity contribution in [2.24, 2.45) is 0 Å². The normalized spacial score (nSPS) is 10.6. The van der Waals surface area contributed by atoms with Crippen LogP contribution in [0.5, 0.6) is 0 Å². The molecule has 1 N–H and O–H groups in total. The number of nitrogens with one attached hydrogen (secondary N) is 1. The summed E-state index contributed by atoms with van der Waals surface area (Å²) < 4.78 is 6.32. The monoisotopic (exact) mass is 327 g/mol. The molecule has 3 aromatic heterocycles. The average Bonchev–Trinajstić information content (AvgIpc) is 2.98. The lowest BCUT2D eigenvalue weighted by Crippen LogP contribution is -2.22. The van der Waals surface area contributed by atoms with Crippen molar-refractivity contribution >= 4 is 23.6 Å². The van der Waals surface area contributed by atoms with E-state index in [2.05, 4.69) is 30.4 Å². The number of hydrogen-bond donors (Lipinski definition) is 1. The van der Waals surface area contributed by atoms with Crippen LogP contribution in [-0.2, 0) is 9.53 Å². The van der Waals surface area contributed by atoms with Crippen molar-refractivity contribution in [2.45, 2.75) is 13.8 Å². The van der Waals surface area contributed by atoms with E-state index >= 15 is 0 Å². The highest BCUT2D eigenvalue weighted by molar-refractivity contribution is 5.93.